The number of carbonyl (C=O) groups is 1. The maximum atomic E-state index is 12.7. The molecule has 7 nitrogen and oxygen atoms in total. The monoisotopic (exact) mass is 537 g/mol. The number of halogens is 3. The Kier molecular flexibility index (Phi) is 7.19. The fourth-order valence-electron chi connectivity index (χ4n) is 2.79. The SMILES string of the molecule is O.O.O=C(c1c(O)c2c(ccc3c4ccccc4oc32)oc1=O)C(F)(F)F.[Eu]. The number of hydrogen-bond donors (Lipinski definition) is 1. The number of carbonyl (C=O) groups excluding carboxylic acids is 1. The van der Waals surface area contributed by atoms with E-state index in [1.807, 2.05) is 0 Å². The maximum absolute atomic E-state index is 12.7. The van der Waals surface area contributed by atoms with Crippen LogP contribution >= 0.6 is 0 Å². The molecule has 0 atom stereocenters. The van der Waals surface area contributed by atoms with Crippen molar-refractivity contribution < 1.29 is 92.2 Å². The van der Waals surface area contributed by atoms with Crippen LogP contribution in [-0.4, -0.2) is 28.0 Å². The largest absolute Gasteiger partial charge is 0.506 e. The van der Waals surface area contributed by atoms with Gasteiger partial charge < -0.3 is 24.9 Å². The Morgan fingerprint density at radius 3 is 2.21 bits per heavy atom. The van der Waals surface area contributed by atoms with Crippen LogP contribution in [0, 0.1) is 49.4 Å². The summed E-state index contributed by atoms with van der Waals surface area (Å²) in [6, 6.07) is 9.68. The van der Waals surface area contributed by atoms with E-state index in [4.69, 9.17) is 8.83 Å². The molecule has 2 heterocycles. The summed E-state index contributed by atoms with van der Waals surface area (Å²) in [7, 11) is 0. The van der Waals surface area contributed by atoms with Crippen molar-refractivity contribution in [2.75, 3.05) is 0 Å². The third-order valence-electron chi connectivity index (χ3n) is 3.87. The molecule has 0 aliphatic carbocycles. The molecule has 0 spiro atoms. The Bertz CT molecular complexity index is 1240. The molecule has 0 fully saturated rings. The Balaban J connectivity index is 0.00000131. The van der Waals surface area contributed by atoms with Gasteiger partial charge in [-0.2, -0.15) is 13.2 Å². The molecule has 5 N–H and O–H groups in total. The second kappa shape index (κ2) is 8.30. The first kappa shape index (κ1) is 24.3. The first-order valence-corrected chi connectivity index (χ1v) is 7.00. The number of fused-ring (bicyclic) bond motifs is 5. The van der Waals surface area contributed by atoms with Gasteiger partial charge in [0.1, 0.15) is 27.9 Å². The zero-order chi connectivity index (χ0) is 17.9. The molecular weight excluding hydrogens is 525 g/mol. The van der Waals surface area contributed by atoms with Crippen molar-refractivity contribution in [2.45, 2.75) is 6.18 Å². The summed E-state index contributed by atoms with van der Waals surface area (Å²) < 4.78 is 48.5. The van der Waals surface area contributed by atoms with E-state index in [9.17, 15) is 27.9 Å². The van der Waals surface area contributed by atoms with E-state index in [1.54, 1.807) is 30.3 Å². The summed E-state index contributed by atoms with van der Waals surface area (Å²) in [5, 5.41) is 11.1. The van der Waals surface area contributed by atoms with Gasteiger partial charge in [-0.15, -0.1) is 0 Å². The van der Waals surface area contributed by atoms with Crippen LogP contribution in [0.4, 0.5) is 13.2 Å². The molecule has 28 heavy (non-hydrogen) atoms. The van der Waals surface area contributed by atoms with Crippen LogP contribution < -0.4 is 5.63 Å². The van der Waals surface area contributed by atoms with Crippen LogP contribution in [0.3, 0.4) is 0 Å². The van der Waals surface area contributed by atoms with Crippen molar-refractivity contribution in [3.8, 4) is 5.75 Å². The van der Waals surface area contributed by atoms with Crippen LogP contribution in [0.15, 0.2) is 50.0 Å². The minimum absolute atomic E-state index is 0. The zero-order valence-electron chi connectivity index (χ0n) is 13.6. The van der Waals surface area contributed by atoms with Gasteiger partial charge >= 0.3 is 11.8 Å². The number of rotatable bonds is 1. The van der Waals surface area contributed by atoms with E-state index in [-0.39, 0.29) is 76.9 Å². The minimum Gasteiger partial charge on any atom is -0.506 e. The van der Waals surface area contributed by atoms with Crippen molar-refractivity contribution in [2.24, 2.45) is 0 Å². The Morgan fingerprint density at radius 2 is 1.57 bits per heavy atom. The number of alkyl halides is 3. The third kappa shape index (κ3) is 3.60. The molecule has 0 aliphatic heterocycles. The average Bonchev–Trinajstić information content (AvgIpc) is 2.91. The molecule has 0 unspecified atom stereocenters. The third-order valence-corrected chi connectivity index (χ3v) is 3.87. The van der Waals surface area contributed by atoms with Crippen molar-refractivity contribution >= 4 is 38.7 Å². The van der Waals surface area contributed by atoms with Crippen LogP contribution in [0.25, 0.3) is 32.9 Å². The summed E-state index contributed by atoms with van der Waals surface area (Å²) in [4.78, 5) is 23.3. The Hall–Kier alpha value is -1.79. The standard InChI is InChI=1S/C17H7F3O5.Eu.2H2O/c18-17(19,20)15(22)12-13(21)11-10(25-16(12)23)6-5-8-7-3-1-2-4-9(7)24-14(8)11;;;/h1-6,21H;;2*1H2. The Morgan fingerprint density at radius 1 is 0.929 bits per heavy atom. The molecule has 1 radical (unpaired) electrons. The average molecular weight is 536 g/mol. The van der Waals surface area contributed by atoms with Crippen molar-refractivity contribution in [1.82, 2.24) is 0 Å². The summed E-state index contributed by atoms with van der Waals surface area (Å²) in [6.45, 7) is 0. The molecule has 149 valence electrons. The van der Waals surface area contributed by atoms with E-state index in [0.29, 0.717) is 16.4 Å². The molecule has 4 aromatic rings. The molecule has 0 amide bonds. The van der Waals surface area contributed by atoms with Gasteiger partial charge in [0.15, 0.2) is 5.56 Å². The molecule has 2 aromatic carbocycles. The van der Waals surface area contributed by atoms with Gasteiger partial charge in [0.05, 0.1) is 0 Å². The molecule has 2 aromatic heterocycles. The minimum atomic E-state index is -5.33. The predicted molar refractivity (Wildman–Crippen MR) is 89.0 cm³/mol. The first-order valence-electron chi connectivity index (χ1n) is 7.00. The summed E-state index contributed by atoms with van der Waals surface area (Å²) in [5.74, 6) is -3.59. The molecule has 4 rings (SSSR count). The van der Waals surface area contributed by atoms with E-state index in [2.05, 4.69) is 0 Å². The number of Topliss-reactive ketones (excluding diaryl/α,β-unsaturated/α-hetero) is 1. The first-order chi connectivity index (χ1) is 11.8. The quantitative estimate of drug-likeness (QED) is 0.294. The fraction of sp³-hybridized carbons (Fsp3) is 0.0588. The second-order valence-corrected chi connectivity index (χ2v) is 5.35. The topological polar surface area (TPSA) is 144 Å². The van der Waals surface area contributed by atoms with Crippen LogP contribution in [0.2, 0.25) is 0 Å². The zero-order valence-corrected chi connectivity index (χ0v) is 16.0. The number of ketones is 1. The summed E-state index contributed by atoms with van der Waals surface area (Å²) in [5.41, 5.74) is -2.76. The molecular formula is C17H11EuF3O7. The van der Waals surface area contributed by atoms with Crippen LogP contribution in [0.5, 0.6) is 5.75 Å². The van der Waals surface area contributed by atoms with Gasteiger partial charge in [-0.25, -0.2) is 4.79 Å². The van der Waals surface area contributed by atoms with Crippen molar-refractivity contribution in [1.29, 1.82) is 0 Å². The van der Waals surface area contributed by atoms with E-state index in [1.165, 1.54) is 6.07 Å². The van der Waals surface area contributed by atoms with Gasteiger partial charge in [0, 0.05) is 60.1 Å². The number of aromatic hydroxyl groups is 1. The van der Waals surface area contributed by atoms with E-state index >= 15 is 0 Å². The molecule has 0 bridgehead atoms. The molecule has 0 saturated heterocycles. The van der Waals surface area contributed by atoms with Gasteiger partial charge in [-0.1, -0.05) is 18.2 Å². The second-order valence-electron chi connectivity index (χ2n) is 5.35. The van der Waals surface area contributed by atoms with Gasteiger partial charge in [0.25, 0.3) is 5.78 Å². The molecule has 0 saturated carbocycles. The number of furan rings is 1. The van der Waals surface area contributed by atoms with Gasteiger partial charge in [-0.3, -0.25) is 4.79 Å². The maximum Gasteiger partial charge on any atom is 0.455 e. The Labute approximate surface area is 193 Å². The summed E-state index contributed by atoms with van der Waals surface area (Å²) in [6.07, 6.45) is -5.33. The van der Waals surface area contributed by atoms with E-state index in [0.717, 1.165) is 0 Å². The smallest absolute Gasteiger partial charge is 0.455 e. The van der Waals surface area contributed by atoms with Gasteiger partial charge in [0.2, 0.25) is 0 Å². The fourth-order valence-corrected chi connectivity index (χ4v) is 2.79. The molecule has 11 heteroatoms. The summed E-state index contributed by atoms with van der Waals surface area (Å²) >= 11 is 0. The van der Waals surface area contributed by atoms with Crippen LogP contribution in [0.1, 0.15) is 10.4 Å². The van der Waals surface area contributed by atoms with E-state index < -0.39 is 28.9 Å². The van der Waals surface area contributed by atoms with Crippen LogP contribution in [-0.2, 0) is 0 Å². The normalized spacial score (nSPS) is 11.0. The van der Waals surface area contributed by atoms with Crippen molar-refractivity contribution in [3.05, 3.63) is 52.4 Å². The molecule has 0 aliphatic rings. The number of hydrogen-bond acceptors (Lipinski definition) is 5. The van der Waals surface area contributed by atoms with Gasteiger partial charge in [-0.05, 0) is 18.2 Å². The predicted octanol–water partition coefficient (Wildman–Crippen LogP) is 2.49. The number of para-hydroxylation sites is 1. The van der Waals surface area contributed by atoms with Crippen molar-refractivity contribution in [3.63, 3.8) is 0 Å². The number of benzene rings is 2.